The van der Waals surface area contributed by atoms with E-state index >= 15 is 0 Å². The van der Waals surface area contributed by atoms with Crippen molar-refractivity contribution in [3.8, 4) is 5.75 Å². The van der Waals surface area contributed by atoms with Crippen LogP contribution in [0.15, 0.2) is 40.1 Å². The highest BCUT2D eigenvalue weighted by atomic mass is 16.5. The van der Waals surface area contributed by atoms with Gasteiger partial charge in [0.1, 0.15) is 11.3 Å². The summed E-state index contributed by atoms with van der Waals surface area (Å²) in [5.74, 6) is 0.000572. The standard InChI is InChI=1S/C14H15N3O4/c1-16-8-11(13(19)17(2)14(16)20)12(18)15-9-5-4-6-10(7-9)21-3/h4-8H,1-3H3,(H,15,18). The predicted octanol–water partition coefficient (Wildman–Crippen LogP) is 0.345. The summed E-state index contributed by atoms with van der Waals surface area (Å²) in [7, 11) is 4.32. The molecule has 1 amide bonds. The Labute approximate surface area is 120 Å². The van der Waals surface area contributed by atoms with Crippen LogP contribution in [0.4, 0.5) is 5.69 Å². The summed E-state index contributed by atoms with van der Waals surface area (Å²) in [4.78, 5) is 35.7. The maximum Gasteiger partial charge on any atom is 0.330 e. The van der Waals surface area contributed by atoms with Gasteiger partial charge in [0.25, 0.3) is 11.5 Å². The van der Waals surface area contributed by atoms with Gasteiger partial charge in [-0.1, -0.05) is 6.07 Å². The zero-order valence-electron chi connectivity index (χ0n) is 11.9. The van der Waals surface area contributed by atoms with Gasteiger partial charge in [-0.2, -0.15) is 0 Å². The third kappa shape index (κ3) is 2.86. The van der Waals surface area contributed by atoms with E-state index in [0.717, 1.165) is 4.57 Å². The highest BCUT2D eigenvalue weighted by molar-refractivity contribution is 6.03. The van der Waals surface area contributed by atoms with Crippen LogP contribution in [0, 0.1) is 0 Å². The second-order valence-corrected chi connectivity index (χ2v) is 4.49. The lowest BCUT2D eigenvalue weighted by Crippen LogP contribution is -2.40. The Morgan fingerprint density at radius 1 is 1.24 bits per heavy atom. The van der Waals surface area contributed by atoms with Gasteiger partial charge in [0.15, 0.2) is 0 Å². The second-order valence-electron chi connectivity index (χ2n) is 4.49. The Kier molecular flexibility index (Phi) is 3.93. The average molecular weight is 289 g/mol. The molecule has 0 spiro atoms. The number of ether oxygens (including phenoxy) is 1. The Balaban J connectivity index is 2.37. The quantitative estimate of drug-likeness (QED) is 0.883. The minimum atomic E-state index is -0.640. The number of anilines is 1. The molecule has 2 rings (SSSR count). The van der Waals surface area contributed by atoms with Gasteiger partial charge in [0.05, 0.1) is 7.11 Å². The highest BCUT2D eigenvalue weighted by Gasteiger charge is 2.15. The first kappa shape index (κ1) is 14.6. The molecular formula is C14H15N3O4. The monoisotopic (exact) mass is 289 g/mol. The zero-order valence-corrected chi connectivity index (χ0v) is 11.9. The number of amides is 1. The van der Waals surface area contributed by atoms with Gasteiger partial charge in [0.2, 0.25) is 0 Å². The van der Waals surface area contributed by atoms with E-state index in [4.69, 9.17) is 4.74 Å². The zero-order chi connectivity index (χ0) is 15.6. The summed E-state index contributed by atoms with van der Waals surface area (Å²) in [6.07, 6.45) is 1.22. The van der Waals surface area contributed by atoms with Crippen LogP contribution in [0.25, 0.3) is 0 Å². The molecule has 0 aliphatic carbocycles. The third-order valence-corrected chi connectivity index (χ3v) is 3.02. The van der Waals surface area contributed by atoms with Crippen LogP contribution in [0.3, 0.4) is 0 Å². The topological polar surface area (TPSA) is 82.3 Å². The summed E-state index contributed by atoms with van der Waals surface area (Å²) >= 11 is 0. The van der Waals surface area contributed by atoms with E-state index in [1.165, 1.54) is 32.0 Å². The van der Waals surface area contributed by atoms with E-state index in [1.807, 2.05) is 0 Å². The predicted molar refractivity (Wildman–Crippen MR) is 77.9 cm³/mol. The number of benzene rings is 1. The van der Waals surface area contributed by atoms with Gasteiger partial charge in [-0.15, -0.1) is 0 Å². The number of carbonyl (C=O) groups is 1. The van der Waals surface area contributed by atoms with E-state index in [-0.39, 0.29) is 5.56 Å². The van der Waals surface area contributed by atoms with E-state index in [1.54, 1.807) is 24.3 Å². The number of methoxy groups -OCH3 is 1. The lowest BCUT2D eigenvalue weighted by molar-refractivity contribution is 0.102. The molecular weight excluding hydrogens is 274 g/mol. The first-order chi connectivity index (χ1) is 9.93. The van der Waals surface area contributed by atoms with Gasteiger partial charge in [-0.25, -0.2) is 4.79 Å². The van der Waals surface area contributed by atoms with Crippen molar-refractivity contribution in [3.05, 3.63) is 56.9 Å². The van der Waals surface area contributed by atoms with Crippen molar-refractivity contribution in [2.24, 2.45) is 14.1 Å². The first-order valence-electron chi connectivity index (χ1n) is 6.16. The van der Waals surface area contributed by atoms with Crippen LogP contribution in [0.1, 0.15) is 10.4 Å². The molecule has 7 nitrogen and oxygen atoms in total. The van der Waals surface area contributed by atoms with Crippen LogP contribution >= 0.6 is 0 Å². The number of aryl methyl sites for hydroxylation is 1. The van der Waals surface area contributed by atoms with Crippen molar-refractivity contribution in [3.63, 3.8) is 0 Å². The van der Waals surface area contributed by atoms with E-state index in [9.17, 15) is 14.4 Å². The van der Waals surface area contributed by atoms with Gasteiger partial charge < -0.3 is 14.6 Å². The first-order valence-corrected chi connectivity index (χ1v) is 6.16. The van der Waals surface area contributed by atoms with E-state index < -0.39 is 17.2 Å². The Hall–Kier alpha value is -2.83. The van der Waals surface area contributed by atoms with Gasteiger partial charge in [-0.05, 0) is 12.1 Å². The fraction of sp³-hybridized carbons (Fsp3) is 0.214. The molecule has 0 fully saturated rings. The van der Waals surface area contributed by atoms with Crippen molar-refractivity contribution in [2.75, 3.05) is 12.4 Å². The molecule has 0 aliphatic rings. The molecule has 0 atom stereocenters. The molecule has 0 radical (unpaired) electrons. The number of carbonyl (C=O) groups excluding carboxylic acids is 1. The Morgan fingerprint density at radius 3 is 2.62 bits per heavy atom. The number of nitrogens with one attached hydrogen (secondary N) is 1. The molecule has 1 aromatic heterocycles. The highest BCUT2D eigenvalue weighted by Crippen LogP contribution is 2.16. The SMILES string of the molecule is COc1cccc(NC(=O)c2cn(C)c(=O)n(C)c2=O)c1. The molecule has 2 aromatic rings. The van der Waals surface area contributed by atoms with Gasteiger partial charge in [-0.3, -0.25) is 14.2 Å². The van der Waals surface area contributed by atoms with Crippen LogP contribution in [-0.2, 0) is 14.1 Å². The number of hydrogen-bond donors (Lipinski definition) is 1. The summed E-state index contributed by atoms with van der Waals surface area (Å²) in [5.41, 5.74) is -0.742. The van der Waals surface area contributed by atoms with Crippen molar-refractivity contribution in [2.45, 2.75) is 0 Å². The lowest BCUT2D eigenvalue weighted by atomic mass is 10.2. The van der Waals surface area contributed by atoms with E-state index in [2.05, 4.69) is 5.32 Å². The molecule has 0 saturated carbocycles. The van der Waals surface area contributed by atoms with E-state index in [0.29, 0.717) is 11.4 Å². The number of aromatic nitrogens is 2. The molecule has 1 N–H and O–H groups in total. The number of rotatable bonds is 3. The summed E-state index contributed by atoms with van der Waals surface area (Å²) < 4.78 is 7.13. The summed E-state index contributed by atoms with van der Waals surface area (Å²) in [6.45, 7) is 0. The fourth-order valence-electron chi connectivity index (χ4n) is 1.86. The fourth-order valence-corrected chi connectivity index (χ4v) is 1.86. The smallest absolute Gasteiger partial charge is 0.330 e. The molecule has 21 heavy (non-hydrogen) atoms. The van der Waals surface area contributed by atoms with Crippen molar-refractivity contribution in [1.29, 1.82) is 0 Å². The summed E-state index contributed by atoms with van der Waals surface area (Å²) in [6, 6.07) is 6.76. The van der Waals surface area contributed by atoms with Crippen LogP contribution in [0.2, 0.25) is 0 Å². The maximum absolute atomic E-state index is 12.2. The van der Waals surface area contributed by atoms with Crippen LogP contribution < -0.4 is 21.3 Å². The number of hydrogen-bond acceptors (Lipinski definition) is 4. The number of nitrogens with zero attached hydrogens (tertiary/aromatic N) is 2. The molecule has 1 aromatic carbocycles. The van der Waals surface area contributed by atoms with Crippen LogP contribution in [-0.4, -0.2) is 22.2 Å². The Bertz CT molecular complexity index is 805. The van der Waals surface area contributed by atoms with Crippen molar-refractivity contribution in [1.82, 2.24) is 9.13 Å². The minimum Gasteiger partial charge on any atom is -0.497 e. The third-order valence-electron chi connectivity index (χ3n) is 3.02. The minimum absolute atomic E-state index is 0.109. The maximum atomic E-state index is 12.2. The average Bonchev–Trinajstić information content (AvgIpc) is 2.48. The molecule has 0 unspecified atom stereocenters. The normalized spacial score (nSPS) is 10.2. The van der Waals surface area contributed by atoms with Crippen LogP contribution in [0.5, 0.6) is 5.75 Å². The molecule has 0 aliphatic heterocycles. The largest absolute Gasteiger partial charge is 0.497 e. The van der Waals surface area contributed by atoms with Gasteiger partial charge >= 0.3 is 5.69 Å². The molecule has 0 saturated heterocycles. The summed E-state index contributed by atoms with van der Waals surface area (Å²) in [5, 5.41) is 2.60. The van der Waals surface area contributed by atoms with Crippen molar-refractivity contribution >= 4 is 11.6 Å². The lowest BCUT2D eigenvalue weighted by Gasteiger charge is -2.08. The van der Waals surface area contributed by atoms with Crippen molar-refractivity contribution < 1.29 is 9.53 Å². The molecule has 110 valence electrons. The molecule has 0 bridgehead atoms. The van der Waals surface area contributed by atoms with Gasteiger partial charge in [0, 0.05) is 32.0 Å². The molecule has 1 heterocycles. The Morgan fingerprint density at radius 2 is 1.95 bits per heavy atom. The molecule has 7 heteroatoms. The second kappa shape index (κ2) is 5.66.